The van der Waals surface area contributed by atoms with Crippen LogP contribution in [-0.4, -0.2) is 36.4 Å². The zero-order valence-corrected chi connectivity index (χ0v) is 13.2. The highest BCUT2D eigenvalue weighted by molar-refractivity contribution is 6.57. The summed E-state index contributed by atoms with van der Waals surface area (Å²) in [5.41, 5.74) is 2.20. The van der Waals surface area contributed by atoms with E-state index in [1.165, 1.54) is 12.4 Å². The number of aromatic nitrogens is 1. The highest BCUT2D eigenvalue weighted by Crippen LogP contribution is 2.44. The second-order valence-corrected chi connectivity index (χ2v) is 5.60. The summed E-state index contributed by atoms with van der Waals surface area (Å²) in [5, 5.41) is 0. The van der Waals surface area contributed by atoms with Crippen LogP contribution in [0.4, 0.5) is 8.63 Å². The van der Waals surface area contributed by atoms with Gasteiger partial charge >= 0.3 is 6.97 Å². The Kier molecular flexibility index (Phi) is 3.13. The van der Waals surface area contributed by atoms with Gasteiger partial charge in [-0.1, -0.05) is 6.07 Å². The molecule has 4 nitrogen and oxygen atoms in total. The monoisotopic (exact) mass is 328 g/mol. The van der Waals surface area contributed by atoms with Crippen molar-refractivity contribution in [2.75, 3.05) is 14.2 Å². The Labute approximate surface area is 138 Å². The Balaban J connectivity index is 2.10. The van der Waals surface area contributed by atoms with Gasteiger partial charge in [0.1, 0.15) is 17.7 Å². The fourth-order valence-electron chi connectivity index (χ4n) is 3.37. The van der Waals surface area contributed by atoms with Crippen molar-refractivity contribution in [1.29, 1.82) is 0 Å². The Morgan fingerprint density at radius 1 is 1.04 bits per heavy atom. The largest absolute Gasteiger partial charge is 0.737 e. The van der Waals surface area contributed by atoms with Crippen molar-refractivity contribution >= 4 is 18.8 Å². The van der Waals surface area contributed by atoms with Crippen molar-refractivity contribution in [2.24, 2.45) is 0 Å². The van der Waals surface area contributed by atoms with Gasteiger partial charge in [0.2, 0.25) is 0 Å². The molecule has 2 aliphatic rings. The number of fused-ring (bicyclic) bond motifs is 2. The number of halogens is 2. The number of ether oxygens (including phenoxy) is 2. The van der Waals surface area contributed by atoms with E-state index in [1.54, 1.807) is 56.7 Å². The van der Waals surface area contributed by atoms with Gasteiger partial charge in [-0.25, -0.2) is 0 Å². The quantitative estimate of drug-likeness (QED) is 0.809. The molecule has 0 fully saturated rings. The second-order valence-electron chi connectivity index (χ2n) is 5.60. The lowest BCUT2D eigenvalue weighted by atomic mass is 9.86. The highest BCUT2D eigenvalue weighted by Gasteiger charge is 2.52. The van der Waals surface area contributed by atoms with E-state index in [0.717, 1.165) is 8.96 Å². The van der Waals surface area contributed by atoms with E-state index in [-0.39, 0.29) is 0 Å². The van der Waals surface area contributed by atoms with Gasteiger partial charge in [0.15, 0.2) is 5.70 Å². The summed E-state index contributed by atoms with van der Waals surface area (Å²) >= 11 is 0. The van der Waals surface area contributed by atoms with Gasteiger partial charge < -0.3 is 27.1 Å². The molecule has 0 amide bonds. The lowest BCUT2D eigenvalue weighted by molar-refractivity contribution is -0.356. The second kappa shape index (κ2) is 5.09. The number of hydrogen-bond acceptors (Lipinski definition) is 2. The third-order valence-electron chi connectivity index (χ3n) is 4.42. The average molecular weight is 328 g/mol. The molecule has 1 aromatic heterocycles. The van der Waals surface area contributed by atoms with E-state index >= 15 is 0 Å². The van der Waals surface area contributed by atoms with Crippen molar-refractivity contribution in [1.82, 2.24) is 4.48 Å². The topological polar surface area (TPSA) is 26.4 Å². The Morgan fingerprint density at radius 3 is 2.42 bits per heavy atom. The molecule has 0 saturated carbocycles. The fourth-order valence-corrected chi connectivity index (χ4v) is 3.37. The SMILES string of the molecule is COc1cccc(OC)c1C1=C2C=CC=[N+]2[B-](F)(F)n2cccc21. The molecule has 4 rings (SSSR count). The molecule has 0 radical (unpaired) electrons. The van der Waals surface area contributed by atoms with Crippen LogP contribution >= 0.6 is 0 Å². The first kappa shape index (κ1) is 14.7. The van der Waals surface area contributed by atoms with Crippen LogP contribution < -0.4 is 9.47 Å². The third kappa shape index (κ3) is 1.81. The van der Waals surface area contributed by atoms with Gasteiger partial charge in [-0.15, -0.1) is 0 Å². The molecular formula is C17H15BF2N2O2. The summed E-state index contributed by atoms with van der Waals surface area (Å²) < 4.78 is 42.6. The van der Waals surface area contributed by atoms with Gasteiger partial charge in [0.25, 0.3) is 0 Å². The molecular weight excluding hydrogens is 313 g/mol. The van der Waals surface area contributed by atoms with Crippen LogP contribution in [0.25, 0.3) is 5.57 Å². The maximum absolute atomic E-state index is 14.8. The number of hydrogen-bond donors (Lipinski definition) is 0. The molecule has 2 aromatic rings. The van der Waals surface area contributed by atoms with Crippen molar-refractivity contribution < 1.29 is 22.6 Å². The molecule has 0 N–H and O–H groups in total. The fraction of sp³-hybridized carbons (Fsp3) is 0.118. The number of methoxy groups -OCH3 is 2. The van der Waals surface area contributed by atoms with E-state index in [4.69, 9.17) is 9.47 Å². The average Bonchev–Trinajstić information content (AvgIpc) is 3.25. The Morgan fingerprint density at radius 2 is 1.75 bits per heavy atom. The molecule has 3 heterocycles. The minimum Gasteiger partial charge on any atom is -0.496 e. The standard InChI is InChI=1S/C17H15BF2N2O2/c1-23-14-8-3-9-15(24-2)17(14)16-12-6-4-10-21(12)18(19,20)22-11-5-7-13(16)22/h3-11H,1-2H3. The summed E-state index contributed by atoms with van der Waals surface area (Å²) in [5.74, 6) is 1.14. The first-order valence-corrected chi connectivity index (χ1v) is 7.55. The summed E-state index contributed by atoms with van der Waals surface area (Å²) in [6, 6.07) is 8.71. The van der Waals surface area contributed by atoms with E-state index < -0.39 is 6.97 Å². The molecule has 24 heavy (non-hydrogen) atoms. The lowest BCUT2D eigenvalue weighted by Crippen LogP contribution is -2.49. The van der Waals surface area contributed by atoms with Crippen molar-refractivity contribution in [3.8, 4) is 11.5 Å². The van der Waals surface area contributed by atoms with Gasteiger partial charge in [-0.05, 0) is 30.5 Å². The Bertz CT molecular complexity index is 906. The van der Waals surface area contributed by atoms with Crippen LogP contribution in [0.5, 0.6) is 11.5 Å². The first-order valence-electron chi connectivity index (χ1n) is 7.55. The van der Waals surface area contributed by atoms with Crippen molar-refractivity contribution in [2.45, 2.75) is 0 Å². The van der Waals surface area contributed by atoms with E-state index in [1.807, 2.05) is 0 Å². The predicted molar refractivity (Wildman–Crippen MR) is 88.8 cm³/mol. The molecule has 122 valence electrons. The smallest absolute Gasteiger partial charge is 0.496 e. The summed E-state index contributed by atoms with van der Waals surface area (Å²) in [4.78, 5) is 0. The molecule has 0 saturated heterocycles. The first-order chi connectivity index (χ1) is 11.6. The van der Waals surface area contributed by atoms with Crippen LogP contribution in [0, 0.1) is 0 Å². The molecule has 2 aliphatic heterocycles. The number of nitrogens with zero attached hydrogens (tertiary/aromatic N) is 2. The van der Waals surface area contributed by atoms with Gasteiger partial charge in [0.05, 0.1) is 25.4 Å². The molecule has 0 bridgehead atoms. The Hall–Kier alpha value is -2.83. The minimum absolute atomic E-state index is 0.439. The molecule has 0 unspecified atom stereocenters. The summed E-state index contributed by atoms with van der Waals surface area (Å²) in [6.07, 6.45) is 6.12. The molecule has 0 spiro atoms. The molecule has 0 aliphatic carbocycles. The van der Waals surface area contributed by atoms with E-state index in [9.17, 15) is 8.63 Å². The molecule has 1 aromatic carbocycles. The zero-order chi connectivity index (χ0) is 16.9. The molecule has 7 heteroatoms. The van der Waals surface area contributed by atoms with Crippen LogP contribution in [0.15, 0.2) is 54.4 Å². The number of rotatable bonds is 3. The van der Waals surface area contributed by atoms with Crippen LogP contribution in [0.3, 0.4) is 0 Å². The number of allylic oxidation sites excluding steroid dienone is 2. The van der Waals surface area contributed by atoms with Gasteiger partial charge in [-0.2, -0.15) is 0 Å². The van der Waals surface area contributed by atoms with Crippen molar-refractivity contribution in [3.63, 3.8) is 0 Å². The minimum atomic E-state index is -3.92. The maximum atomic E-state index is 14.8. The number of benzene rings is 1. The summed E-state index contributed by atoms with van der Waals surface area (Å²) in [6.45, 7) is -3.92. The zero-order valence-electron chi connectivity index (χ0n) is 13.2. The van der Waals surface area contributed by atoms with E-state index in [2.05, 4.69) is 0 Å². The van der Waals surface area contributed by atoms with Gasteiger partial charge in [0, 0.05) is 17.8 Å². The normalized spacial score (nSPS) is 17.4. The van der Waals surface area contributed by atoms with E-state index in [0.29, 0.717) is 34.0 Å². The predicted octanol–water partition coefficient (Wildman–Crippen LogP) is 3.15. The lowest BCUT2D eigenvalue weighted by Gasteiger charge is -2.31. The maximum Gasteiger partial charge on any atom is 0.737 e. The van der Waals surface area contributed by atoms with Crippen LogP contribution in [-0.2, 0) is 0 Å². The van der Waals surface area contributed by atoms with Gasteiger partial charge in [-0.3, -0.25) is 0 Å². The van der Waals surface area contributed by atoms with Crippen LogP contribution in [0.2, 0.25) is 0 Å². The molecule has 0 atom stereocenters. The highest BCUT2D eigenvalue weighted by atomic mass is 19.2. The summed E-state index contributed by atoms with van der Waals surface area (Å²) in [7, 11) is 3.11. The third-order valence-corrected chi connectivity index (χ3v) is 4.42. The van der Waals surface area contributed by atoms with Crippen LogP contribution in [0.1, 0.15) is 11.3 Å². The van der Waals surface area contributed by atoms with Crippen molar-refractivity contribution in [3.05, 3.63) is 65.6 Å².